The maximum absolute atomic E-state index is 13.3. The van der Waals surface area contributed by atoms with Crippen molar-refractivity contribution < 1.29 is 14.3 Å². The van der Waals surface area contributed by atoms with E-state index in [0.29, 0.717) is 10.9 Å². The number of rotatable bonds is 4. The molecule has 2 rings (SSSR count). The molecular weight excluding hydrogens is 267 g/mol. The van der Waals surface area contributed by atoms with Gasteiger partial charge in [-0.05, 0) is 6.42 Å². The second-order valence-corrected chi connectivity index (χ2v) is 5.82. The first-order valence-corrected chi connectivity index (χ1v) is 6.44. The van der Waals surface area contributed by atoms with Gasteiger partial charge in [-0.2, -0.15) is 0 Å². The van der Waals surface area contributed by atoms with Crippen LogP contribution in [0.25, 0.3) is 0 Å². The van der Waals surface area contributed by atoms with Gasteiger partial charge in [0.05, 0.1) is 19.2 Å². The van der Waals surface area contributed by atoms with Gasteiger partial charge >= 0.3 is 5.97 Å². The summed E-state index contributed by atoms with van der Waals surface area (Å²) < 4.78 is 13.9. The highest BCUT2D eigenvalue weighted by Gasteiger charge is 2.33. The molecule has 1 aliphatic rings. The van der Waals surface area contributed by atoms with Crippen LogP contribution in [0.5, 0.6) is 0 Å². The Labute approximate surface area is 107 Å². The van der Waals surface area contributed by atoms with Gasteiger partial charge in [0.1, 0.15) is 15.5 Å². The lowest BCUT2D eigenvalue weighted by atomic mass is 10.1. The molecule has 0 aromatic carbocycles. The highest BCUT2D eigenvalue weighted by molar-refractivity contribution is 7.15. The molecule has 0 aliphatic carbocycles. The van der Waals surface area contributed by atoms with E-state index in [1.807, 2.05) is 4.90 Å². The molecule has 0 radical (unpaired) electrons. The summed E-state index contributed by atoms with van der Waals surface area (Å²) in [5.41, 5.74) is 0. The Morgan fingerprint density at radius 3 is 3.12 bits per heavy atom. The summed E-state index contributed by atoms with van der Waals surface area (Å²) in [7, 11) is 0. The Morgan fingerprint density at radius 1 is 1.76 bits per heavy atom. The van der Waals surface area contributed by atoms with Crippen molar-refractivity contribution in [3.63, 3.8) is 0 Å². The summed E-state index contributed by atoms with van der Waals surface area (Å²) in [6.45, 7) is 0.741. The van der Waals surface area contributed by atoms with Crippen LogP contribution in [0.15, 0.2) is 6.20 Å². The smallest absolute Gasteiger partial charge is 0.304 e. The summed E-state index contributed by atoms with van der Waals surface area (Å²) in [6, 6.07) is -0.245. The number of halogens is 2. The highest BCUT2D eigenvalue weighted by atomic mass is 35.5. The van der Waals surface area contributed by atoms with Crippen LogP contribution in [0.3, 0.4) is 0 Å². The molecule has 1 N–H and O–H groups in total. The molecule has 2 atom stereocenters. The van der Waals surface area contributed by atoms with E-state index >= 15 is 0 Å². The molecule has 1 aromatic heterocycles. The molecule has 0 amide bonds. The molecule has 0 bridgehead atoms. The van der Waals surface area contributed by atoms with E-state index in [4.69, 9.17) is 16.7 Å². The molecule has 2 heterocycles. The minimum atomic E-state index is -0.949. The number of thiazole rings is 1. The van der Waals surface area contributed by atoms with Crippen LogP contribution in [0.1, 0.15) is 17.8 Å². The van der Waals surface area contributed by atoms with Crippen molar-refractivity contribution in [2.45, 2.75) is 31.6 Å². The van der Waals surface area contributed by atoms with Crippen molar-refractivity contribution in [2.24, 2.45) is 0 Å². The molecule has 0 unspecified atom stereocenters. The first kappa shape index (κ1) is 12.7. The van der Waals surface area contributed by atoms with E-state index in [0.717, 1.165) is 5.01 Å². The zero-order valence-corrected chi connectivity index (χ0v) is 10.5. The average Bonchev–Trinajstić information content (AvgIpc) is 2.74. The molecular formula is C10H12ClFN2O2S. The summed E-state index contributed by atoms with van der Waals surface area (Å²) in [5.74, 6) is -0.897. The Kier molecular flexibility index (Phi) is 3.96. The number of hydrogen-bond acceptors (Lipinski definition) is 4. The van der Waals surface area contributed by atoms with Crippen molar-refractivity contribution in [1.29, 1.82) is 0 Å². The number of aromatic nitrogens is 1. The third kappa shape index (κ3) is 3.37. The number of likely N-dealkylation sites (tertiary alicyclic amines) is 1. The number of alkyl halides is 1. The predicted octanol–water partition coefficient (Wildman–Crippen LogP) is 2.18. The first-order valence-electron chi connectivity index (χ1n) is 5.24. The van der Waals surface area contributed by atoms with E-state index in [1.165, 1.54) is 11.3 Å². The van der Waals surface area contributed by atoms with Crippen LogP contribution < -0.4 is 0 Å². The van der Waals surface area contributed by atoms with E-state index in [1.54, 1.807) is 6.20 Å². The number of carbonyl (C=O) groups is 1. The lowest BCUT2D eigenvalue weighted by Gasteiger charge is -2.21. The van der Waals surface area contributed by atoms with Gasteiger partial charge in [-0.25, -0.2) is 9.37 Å². The molecule has 1 aliphatic heterocycles. The largest absolute Gasteiger partial charge is 0.481 e. The van der Waals surface area contributed by atoms with E-state index in [9.17, 15) is 9.18 Å². The minimum absolute atomic E-state index is 0.0282. The second kappa shape index (κ2) is 5.29. The van der Waals surface area contributed by atoms with E-state index in [2.05, 4.69) is 4.98 Å². The van der Waals surface area contributed by atoms with Gasteiger partial charge in [0.2, 0.25) is 0 Å². The van der Waals surface area contributed by atoms with Gasteiger partial charge in [0.25, 0.3) is 0 Å². The molecule has 0 saturated carbocycles. The van der Waals surface area contributed by atoms with Crippen LogP contribution in [0, 0.1) is 0 Å². The highest BCUT2D eigenvalue weighted by Crippen LogP contribution is 2.27. The molecule has 1 aromatic rings. The fourth-order valence-electron chi connectivity index (χ4n) is 2.06. The van der Waals surface area contributed by atoms with Crippen LogP contribution in [0.4, 0.5) is 4.39 Å². The summed E-state index contributed by atoms with van der Waals surface area (Å²) in [4.78, 5) is 16.6. The Hall–Kier alpha value is -0.720. The Balaban J connectivity index is 2.00. The third-order valence-corrected chi connectivity index (χ3v) is 3.85. The quantitative estimate of drug-likeness (QED) is 0.917. The van der Waals surface area contributed by atoms with Gasteiger partial charge in [0, 0.05) is 12.6 Å². The normalized spacial score (nSPS) is 25.3. The minimum Gasteiger partial charge on any atom is -0.481 e. The van der Waals surface area contributed by atoms with Gasteiger partial charge < -0.3 is 5.11 Å². The van der Waals surface area contributed by atoms with Gasteiger partial charge in [0.15, 0.2) is 0 Å². The summed E-state index contributed by atoms with van der Waals surface area (Å²) in [5, 5.41) is 9.56. The van der Waals surface area contributed by atoms with Crippen molar-refractivity contribution in [2.75, 3.05) is 6.54 Å². The molecule has 17 heavy (non-hydrogen) atoms. The maximum atomic E-state index is 13.3. The number of carboxylic acid groups (broad SMARTS) is 1. The zero-order valence-electron chi connectivity index (χ0n) is 8.97. The molecule has 7 heteroatoms. The van der Waals surface area contributed by atoms with E-state index < -0.39 is 12.1 Å². The fourth-order valence-corrected chi connectivity index (χ4v) is 3.05. The summed E-state index contributed by atoms with van der Waals surface area (Å²) in [6.07, 6.45) is 0.858. The molecule has 1 saturated heterocycles. The van der Waals surface area contributed by atoms with Crippen molar-refractivity contribution >= 4 is 28.9 Å². The average molecular weight is 279 g/mol. The topological polar surface area (TPSA) is 53.4 Å². The number of nitrogens with zero attached hydrogens (tertiary/aromatic N) is 2. The third-order valence-electron chi connectivity index (χ3n) is 2.75. The molecule has 0 spiro atoms. The van der Waals surface area contributed by atoms with Gasteiger partial charge in [-0.1, -0.05) is 11.6 Å². The Bertz CT molecular complexity index is 415. The standard InChI is InChI=1S/C10H12ClFN2O2S/c11-8-3-13-9(17-8)5-14-4-6(12)1-7(14)2-10(15)16/h3,6-7H,1-2,4-5H2,(H,15,16)/t6-,7-/m0/s1. The SMILES string of the molecule is O=C(O)C[C@@H]1C[C@H](F)CN1Cc1ncc(Cl)s1. The lowest BCUT2D eigenvalue weighted by Crippen LogP contribution is -2.31. The molecule has 94 valence electrons. The monoisotopic (exact) mass is 278 g/mol. The second-order valence-electron chi connectivity index (χ2n) is 4.07. The van der Waals surface area contributed by atoms with Crippen LogP contribution in [0.2, 0.25) is 4.34 Å². The van der Waals surface area contributed by atoms with Crippen LogP contribution >= 0.6 is 22.9 Å². The lowest BCUT2D eigenvalue weighted by molar-refractivity contribution is -0.138. The fraction of sp³-hybridized carbons (Fsp3) is 0.600. The van der Waals surface area contributed by atoms with Crippen LogP contribution in [-0.2, 0) is 11.3 Å². The first-order chi connectivity index (χ1) is 8.04. The Morgan fingerprint density at radius 2 is 2.53 bits per heavy atom. The van der Waals surface area contributed by atoms with Crippen molar-refractivity contribution in [1.82, 2.24) is 9.88 Å². The number of hydrogen-bond donors (Lipinski definition) is 1. The number of aliphatic carboxylic acids is 1. The predicted molar refractivity (Wildman–Crippen MR) is 63.1 cm³/mol. The van der Waals surface area contributed by atoms with Crippen molar-refractivity contribution in [3.05, 3.63) is 15.5 Å². The van der Waals surface area contributed by atoms with E-state index in [-0.39, 0.29) is 25.4 Å². The number of carboxylic acids is 1. The molecule has 4 nitrogen and oxygen atoms in total. The molecule has 1 fully saturated rings. The van der Waals surface area contributed by atoms with Gasteiger partial charge in [-0.3, -0.25) is 9.69 Å². The maximum Gasteiger partial charge on any atom is 0.304 e. The van der Waals surface area contributed by atoms with Crippen molar-refractivity contribution in [3.8, 4) is 0 Å². The summed E-state index contributed by atoms with van der Waals surface area (Å²) >= 11 is 7.10. The van der Waals surface area contributed by atoms with Crippen LogP contribution in [-0.4, -0.2) is 39.7 Å². The zero-order chi connectivity index (χ0) is 12.4. The van der Waals surface area contributed by atoms with Gasteiger partial charge in [-0.15, -0.1) is 11.3 Å².